The van der Waals surface area contributed by atoms with Gasteiger partial charge in [0.1, 0.15) is 11.5 Å². The van der Waals surface area contributed by atoms with Crippen LogP contribution in [0.15, 0.2) is 71.8 Å². The number of nitrogens with zero attached hydrogens (tertiary/aromatic N) is 2. The van der Waals surface area contributed by atoms with Crippen molar-refractivity contribution in [2.75, 3.05) is 24.2 Å². The highest BCUT2D eigenvalue weighted by molar-refractivity contribution is 6.00. The quantitative estimate of drug-likeness (QED) is 0.331. The number of anilines is 2. The van der Waals surface area contributed by atoms with Gasteiger partial charge in [0.05, 0.1) is 17.2 Å². The molecule has 8 nitrogen and oxygen atoms in total. The minimum absolute atomic E-state index is 0.229. The number of aromatic amines is 1. The molecule has 1 aliphatic heterocycles. The second kappa shape index (κ2) is 10.2. The lowest BCUT2D eigenvalue weighted by Crippen LogP contribution is -2.44. The normalized spacial score (nSPS) is 15.3. The molecule has 36 heavy (non-hydrogen) atoms. The van der Waals surface area contributed by atoms with Crippen molar-refractivity contribution in [2.24, 2.45) is 0 Å². The average Bonchev–Trinajstić information content (AvgIpc) is 2.85. The van der Waals surface area contributed by atoms with Crippen molar-refractivity contribution in [1.29, 1.82) is 0 Å². The number of carbonyl (C=O) groups is 1. The highest BCUT2D eigenvalue weighted by atomic mass is 16.5. The summed E-state index contributed by atoms with van der Waals surface area (Å²) in [7, 11) is 2.16. The van der Waals surface area contributed by atoms with E-state index in [0.717, 1.165) is 36.2 Å². The number of fused-ring (bicyclic) bond motifs is 1. The standard InChI is InChI=1S/C28H29N5O3/c1-18-6-7-19(8-9-21-12-13-33(21)2)26(14-18)32-28(35)31-20-4-3-5-22(15-20)36-23-10-11-25-24(16-23)27(34)30-17-29-25/h3-7,10-11,14-17,21H,8-9,12-13H2,1-2H3,(H,29,30,34)(H2,31,32,35)/t21-/m1/s1. The van der Waals surface area contributed by atoms with Crippen LogP contribution in [-0.2, 0) is 6.42 Å². The summed E-state index contributed by atoms with van der Waals surface area (Å²) in [6, 6.07) is 18.7. The molecule has 5 rings (SSSR count). The van der Waals surface area contributed by atoms with Gasteiger partial charge in [0.25, 0.3) is 5.56 Å². The Balaban J connectivity index is 1.25. The molecule has 184 valence electrons. The van der Waals surface area contributed by atoms with Crippen LogP contribution in [0.5, 0.6) is 11.5 Å². The molecule has 1 fully saturated rings. The summed E-state index contributed by atoms with van der Waals surface area (Å²) in [6.45, 7) is 3.18. The molecular formula is C28H29N5O3. The van der Waals surface area contributed by atoms with Crippen LogP contribution in [0, 0.1) is 6.92 Å². The molecule has 0 bridgehead atoms. The molecule has 2 amide bonds. The maximum atomic E-state index is 12.8. The second-order valence-corrected chi connectivity index (χ2v) is 9.24. The van der Waals surface area contributed by atoms with E-state index in [0.29, 0.717) is 34.1 Å². The molecular weight excluding hydrogens is 454 g/mol. The number of urea groups is 1. The lowest BCUT2D eigenvalue weighted by atomic mass is 9.95. The zero-order chi connectivity index (χ0) is 25.1. The van der Waals surface area contributed by atoms with Crippen LogP contribution in [0.2, 0.25) is 0 Å². The Morgan fingerprint density at radius 3 is 2.78 bits per heavy atom. The summed E-state index contributed by atoms with van der Waals surface area (Å²) < 4.78 is 5.94. The van der Waals surface area contributed by atoms with Gasteiger partial charge in [-0.2, -0.15) is 0 Å². The van der Waals surface area contributed by atoms with Crippen LogP contribution in [-0.4, -0.2) is 40.5 Å². The van der Waals surface area contributed by atoms with Crippen LogP contribution in [0.4, 0.5) is 16.2 Å². The molecule has 4 aromatic rings. The third kappa shape index (κ3) is 5.39. The molecule has 1 aliphatic rings. The molecule has 8 heteroatoms. The van der Waals surface area contributed by atoms with Crippen molar-refractivity contribution in [3.8, 4) is 11.5 Å². The number of likely N-dealkylation sites (tertiary alicyclic amines) is 1. The third-order valence-electron chi connectivity index (χ3n) is 6.64. The van der Waals surface area contributed by atoms with E-state index in [1.807, 2.05) is 13.0 Å². The summed E-state index contributed by atoms with van der Waals surface area (Å²) in [6.07, 6.45) is 4.60. The lowest BCUT2D eigenvalue weighted by Gasteiger charge is -2.38. The predicted molar refractivity (Wildman–Crippen MR) is 142 cm³/mol. The Hall–Kier alpha value is -4.17. The molecule has 0 unspecified atom stereocenters. The van der Waals surface area contributed by atoms with Crippen molar-refractivity contribution < 1.29 is 9.53 Å². The van der Waals surface area contributed by atoms with Gasteiger partial charge >= 0.3 is 6.03 Å². The number of H-pyrrole nitrogens is 1. The Labute approximate surface area is 209 Å². The molecule has 0 saturated carbocycles. The first-order chi connectivity index (χ1) is 17.4. The molecule has 3 N–H and O–H groups in total. The largest absolute Gasteiger partial charge is 0.457 e. The fourth-order valence-electron chi connectivity index (χ4n) is 4.45. The van der Waals surface area contributed by atoms with E-state index in [9.17, 15) is 9.59 Å². The van der Waals surface area contributed by atoms with Gasteiger partial charge in [0.2, 0.25) is 0 Å². The molecule has 0 aliphatic carbocycles. The number of aryl methyl sites for hydroxylation is 2. The number of rotatable bonds is 7. The van der Waals surface area contributed by atoms with E-state index in [-0.39, 0.29) is 11.6 Å². The number of ether oxygens (including phenoxy) is 1. The lowest BCUT2D eigenvalue weighted by molar-refractivity contribution is 0.119. The topological polar surface area (TPSA) is 99.3 Å². The summed E-state index contributed by atoms with van der Waals surface area (Å²) in [5.41, 5.74) is 4.01. The number of benzene rings is 3. The number of hydrogen-bond acceptors (Lipinski definition) is 5. The van der Waals surface area contributed by atoms with Gasteiger partial charge in [-0.05, 0) is 87.3 Å². The van der Waals surface area contributed by atoms with Gasteiger partial charge in [-0.1, -0.05) is 18.2 Å². The van der Waals surface area contributed by atoms with E-state index in [4.69, 9.17) is 4.74 Å². The average molecular weight is 484 g/mol. The third-order valence-corrected chi connectivity index (χ3v) is 6.64. The molecule has 1 atom stereocenters. The van der Waals surface area contributed by atoms with Crippen LogP contribution in [0.3, 0.4) is 0 Å². The van der Waals surface area contributed by atoms with E-state index < -0.39 is 0 Å². The van der Waals surface area contributed by atoms with E-state index in [1.165, 1.54) is 12.7 Å². The Bertz CT molecular complexity index is 1470. The van der Waals surface area contributed by atoms with Crippen molar-refractivity contribution in [2.45, 2.75) is 32.2 Å². The van der Waals surface area contributed by atoms with E-state index in [2.05, 4.69) is 44.7 Å². The van der Waals surface area contributed by atoms with Gasteiger partial charge in [-0.3, -0.25) is 4.79 Å². The van der Waals surface area contributed by atoms with Crippen molar-refractivity contribution in [3.05, 3.63) is 88.5 Å². The van der Waals surface area contributed by atoms with Gasteiger partial charge in [0.15, 0.2) is 0 Å². The van der Waals surface area contributed by atoms with E-state index >= 15 is 0 Å². The van der Waals surface area contributed by atoms with Gasteiger partial charge in [-0.25, -0.2) is 9.78 Å². The number of aromatic nitrogens is 2. The van der Waals surface area contributed by atoms with Crippen LogP contribution >= 0.6 is 0 Å². The fraction of sp³-hybridized carbons (Fsp3) is 0.250. The number of carbonyl (C=O) groups excluding carboxylic acids is 1. The minimum atomic E-state index is -0.317. The molecule has 0 spiro atoms. The minimum Gasteiger partial charge on any atom is -0.457 e. The van der Waals surface area contributed by atoms with Gasteiger partial charge < -0.3 is 25.3 Å². The summed E-state index contributed by atoms with van der Waals surface area (Å²) >= 11 is 0. The first-order valence-electron chi connectivity index (χ1n) is 12.1. The maximum absolute atomic E-state index is 12.8. The summed E-state index contributed by atoms with van der Waals surface area (Å²) in [5, 5.41) is 6.36. The monoisotopic (exact) mass is 483 g/mol. The Kier molecular flexibility index (Phi) is 6.69. The molecule has 1 saturated heterocycles. The molecule has 2 heterocycles. The first kappa shape index (κ1) is 23.6. The predicted octanol–water partition coefficient (Wildman–Crippen LogP) is 5.30. The zero-order valence-electron chi connectivity index (χ0n) is 20.4. The molecule has 1 aromatic heterocycles. The second-order valence-electron chi connectivity index (χ2n) is 9.24. The smallest absolute Gasteiger partial charge is 0.323 e. The number of amides is 2. The summed E-state index contributed by atoms with van der Waals surface area (Å²) in [5.74, 6) is 1.04. The fourth-order valence-corrected chi connectivity index (χ4v) is 4.45. The maximum Gasteiger partial charge on any atom is 0.323 e. The highest BCUT2D eigenvalue weighted by Crippen LogP contribution is 2.27. The van der Waals surface area contributed by atoms with Crippen molar-refractivity contribution >= 4 is 28.3 Å². The van der Waals surface area contributed by atoms with Crippen LogP contribution < -0.4 is 20.9 Å². The van der Waals surface area contributed by atoms with Crippen LogP contribution in [0.25, 0.3) is 10.9 Å². The van der Waals surface area contributed by atoms with Gasteiger partial charge in [-0.15, -0.1) is 0 Å². The Morgan fingerprint density at radius 2 is 1.97 bits per heavy atom. The SMILES string of the molecule is Cc1ccc(CC[C@@H]2CCN2C)c(NC(=O)Nc2cccc(Oc3ccc4nc[nH]c(=O)c4c3)c2)c1. The number of nitrogens with one attached hydrogen (secondary N) is 3. The van der Waals surface area contributed by atoms with Crippen molar-refractivity contribution in [3.63, 3.8) is 0 Å². The van der Waals surface area contributed by atoms with Gasteiger partial charge in [0, 0.05) is 23.5 Å². The molecule has 3 aromatic carbocycles. The highest BCUT2D eigenvalue weighted by Gasteiger charge is 2.23. The molecule has 0 radical (unpaired) electrons. The first-order valence-corrected chi connectivity index (χ1v) is 12.1. The van der Waals surface area contributed by atoms with Crippen molar-refractivity contribution in [1.82, 2.24) is 14.9 Å². The number of hydrogen-bond donors (Lipinski definition) is 3. The Morgan fingerprint density at radius 1 is 1.11 bits per heavy atom. The summed E-state index contributed by atoms with van der Waals surface area (Å²) in [4.78, 5) is 34.0. The van der Waals surface area contributed by atoms with Crippen LogP contribution in [0.1, 0.15) is 24.0 Å². The zero-order valence-corrected chi connectivity index (χ0v) is 20.4. The van der Waals surface area contributed by atoms with E-state index in [1.54, 1.807) is 42.5 Å².